The molecule has 3 N–H and O–H groups in total. The molecule has 0 aliphatic rings. The lowest BCUT2D eigenvalue weighted by Crippen LogP contribution is -2.42. The number of rotatable bonds is 14. The van der Waals surface area contributed by atoms with E-state index in [1.165, 1.54) is 21.3 Å². The summed E-state index contributed by atoms with van der Waals surface area (Å²) in [6, 6.07) is 22.1. The van der Waals surface area contributed by atoms with Gasteiger partial charge in [0.15, 0.2) is 5.89 Å². The Bertz CT molecular complexity index is 1740. The molecule has 0 saturated carbocycles. The molecule has 0 radical (unpaired) electrons. The van der Waals surface area contributed by atoms with Gasteiger partial charge in [0.05, 0.1) is 11.4 Å². The molecule has 11 heteroatoms. The third kappa shape index (κ3) is 9.04. The summed E-state index contributed by atoms with van der Waals surface area (Å²) in [5.41, 5.74) is 8.66. The molecular formula is C35H43N5O5S. The van der Waals surface area contributed by atoms with Crippen LogP contribution in [-0.2, 0) is 23.0 Å². The van der Waals surface area contributed by atoms with Gasteiger partial charge in [-0.2, -0.15) is 4.31 Å². The third-order valence-corrected chi connectivity index (χ3v) is 9.46. The van der Waals surface area contributed by atoms with Gasteiger partial charge < -0.3 is 20.4 Å². The van der Waals surface area contributed by atoms with E-state index >= 15 is 0 Å². The summed E-state index contributed by atoms with van der Waals surface area (Å²) in [6.07, 6.45) is 0.876. The van der Waals surface area contributed by atoms with E-state index in [1.54, 1.807) is 57.3 Å². The van der Waals surface area contributed by atoms with Crippen molar-refractivity contribution >= 4 is 27.5 Å². The largest absolute Gasteiger partial charge is 0.446 e. The van der Waals surface area contributed by atoms with Crippen LogP contribution in [0.25, 0.3) is 0 Å². The van der Waals surface area contributed by atoms with E-state index in [9.17, 15) is 18.0 Å². The second-order valence-electron chi connectivity index (χ2n) is 12.0. The molecule has 1 aromatic heterocycles. The Labute approximate surface area is 271 Å². The Morgan fingerprint density at radius 2 is 1.63 bits per heavy atom. The summed E-state index contributed by atoms with van der Waals surface area (Å²) in [6.45, 7) is 8.29. The number of nitrogens with zero attached hydrogens (tertiary/aromatic N) is 3. The molecule has 1 atom stereocenters. The Morgan fingerprint density at radius 3 is 2.26 bits per heavy atom. The second kappa shape index (κ2) is 15.2. The van der Waals surface area contributed by atoms with Crippen molar-refractivity contribution in [1.82, 2.24) is 19.5 Å². The summed E-state index contributed by atoms with van der Waals surface area (Å²) in [5.74, 6) is 0.669. The number of nitrogens with two attached hydrogens (primary N) is 1. The SMILES string of the molecule is Cc1nc(CN(C)C(=O)c2cccc(C(=O)N[C@H](CCN(CC(C)C)S(=O)(=O)c3ccc(N)cc3)Cc3ccccc3)c2)c(C)o1. The molecule has 0 fully saturated rings. The number of nitrogens with one attached hydrogen (secondary N) is 1. The Hall–Kier alpha value is -4.48. The van der Waals surface area contributed by atoms with Crippen LogP contribution in [0.1, 0.15) is 63.9 Å². The average Bonchev–Trinajstić information content (AvgIpc) is 3.34. The number of hydrogen-bond donors (Lipinski definition) is 2. The minimum Gasteiger partial charge on any atom is -0.446 e. The molecule has 0 bridgehead atoms. The number of aromatic nitrogens is 1. The van der Waals surface area contributed by atoms with E-state index < -0.39 is 10.0 Å². The lowest BCUT2D eigenvalue weighted by molar-refractivity contribution is 0.0783. The van der Waals surface area contributed by atoms with E-state index in [2.05, 4.69) is 10.3 Å². The van der Waals surface area contributed by atoms with Crippen molar-refractivity contribution < 1.29 is 22.4 Å². The molecular weight excluding hydrogens is 602 g/mol. The Kier molecular flexibility index (Phi) is 11.4. The average molecular weight is 646 g/mol. The number of aryl methyl sites for hydroxylation is 2. The highest BCUT2D eigenvalue weighted by molar-refractivity contribution is 7.89. The first-order valence-corrected chi connectivity index (χ1v) is 16.8. The highest BCUT2D eigenvalue weighted by atomic mass is 32.2. The number of carbonyl (C=O) groups excluding carboxylic acids is 2. The lowest BCUT2D eigenvalue weighted by Gasteiger charge is -2.27. The maximum Gasteiger partial charge on any atom is 0.253 e. The van der Waals surface area contributed by atoms with Gasteiger partial charge in [0.25, 0.3) is 11.8 Å². The minimum atomic E-state index is -3.80. The van der Waals surface area contributed by atoms with Crippen LogP contribution in [0.2, 0.25) is 0 Å². The summed E-state index contributed by atoms with van der Waals surface area (Å²) >= 11 is 0. The summed E-state index contributed by atoms with van der Waals surface area (Å²) in [4.78, 5) is 32.9. The van der Waals surface area contributed by atoms with Crippen molar-refractivity contribution in [3.63, 3.8) is 0 Å². The van der Waals surface area contributed by atoms with E-state index in [4.69, 9.17) is 10.2 Å². The number of benzene rings is 3. The molecule has 0 saturated heterocycles. The fourth-order valence-electron chi connectivity index (χ4n) is 5.23. The van der Waals surface area contributed by atoms with Crippen molar-refractivity contribution in [2.45, 2.75) is 58.0 Å². The highest BCUT2D eigenvalue weighted by Gasteiger charge is 2.27. The van der Waals surface area contributed by atoms with Crippen LogP contribution >= 0.6 is 0 Å². The van der Waals surface area contributed by atoms with Gasteiger partial charge in [0.1, 0.15) is 11.5 Å². The number of carbonyl (C=O) groups is 2. The quantitative estimate of drug-likeness (QED) is 0.179. The zero-order chi connectivity index (χ0) is 33.4. The van der Waals surface area contributed by atoms with Gasteiger partial charge in [-0.15, -0.1) is 0 Å². The molecule has 0 unspecified atom stereocenters. The third-order valence-electron chi connectivity index (χ3n) is 7.58. The van der Waals surface area contributed by atoms with Crippen LogP contribution in [0.4, 0.5) is 5.69 Å². The molecule has 2 amide bonds. The molecule has 0 aliphatic heterocycles. The van der Waals surface area contributed by atoms with Crippen LogP contribution < -0.4 is 11.1 Å². The van der Waals surface area contributed by atoms with Crippen LogP contribution in [0.3, 0.4) is 0 Å². The van der Waals surface area contributed by atoms with E-state index in [0.717, 1.165) is 5.56 Å². The van der Waals surface area contributed by atoms with Crippen LogP contribution in [0.5, 0.6) is 0 Å². The topological polar surface area (TPSA) is 139 Å². The molecule has 46 heavy (non-hydrogen) atoms. The number of sulfonamides is 1. The molecule has 0 spiro atoms. The lowest BCUT2D eigenvalue weighted by atomic mass is 10.0. The fourth-order valence-corrected chi connectivity index (χ4v) is 6.85. The van der Waals surface area contributed by atoms with Gasteiger partial charge in [-0.1, -0.05) is 50.2 Å². The first-order valence-electron chi connectivity index (χ1n) is 15.3. The molecule has 3 aromatic carbocycles. The van der Waals surface area contributed by atoms with Crippen molar-refractivity contribution in [3.05, 3.63) is 113 Å². The normalized spacial score (nSPS) is 12.3. The van der Waals surface area contributed by atoms with E-state index in [0.29, 0.717) is 53.5 Å². The van der Waals surface area contributed by atoms with Gasteiger partial charge in [0, 0.05) is 49.9 Å². The first-order chi connectivity index (χ1) is 21.8. The van der Waals surface area contributed by atoms with E-state index in [1.807, 2.05) is 44.2 Å². The summed E-state index contributed by atoms with van der Waals surface area (Å²) < 4.78 is 34.2. The highest BCUT2D eigenvalue weighted by Crippen LogP contribution is 2.21. The number of hydrogen-bond acceptors (Lipinski definition) is 7. The Morgan fingerprint density at radius 1 is 0.957 bits per heavy atom. The molecule has 4 aromatic rings. The fraction of sp³-hybridized carbons (Fsp3) is 0.343. The monoisotopic (exact) mass is 645 g/mol. The van der Waals surface area contributed by atoms with Crippen molar-refractivity contribution in [2.75, 3.05) is 25.9 Å². The zero-order valence-electron chi connectivity index (χ0n) is 27.1. The molecule has 10 nitrogen and oxygen atoms in total. The predicted octanol–water partition coefficient (Wildman–Crippen LogP) is 5.22. The van der Waals surface area contributed by atoms with Gasteiger partial charge in [-0.25, -0.2) is 13.4 Å². The van der Waals surface area contributed by atoms with Crippen LogP contribution in [-0.4, -0.2) is 60.6 Å². The van der Waals surface area contributed by atoms with Gasteiger partial charge in [-0.3, -0.25) is 9.59 Å². The van der Waals surface area contributed by atoms with Crippen molar-refractivity contribution in [3.8, 4) is 0 Å². The van der Waals surface area contributed by atoms with Gasteiger partial charge >= 0.3 is 0 Å². The molecule has 1 heterocycles. The number of anilines is 1. The van der Waals surface area contributed by atoms with Gasteiger partial charge in [0.2, 0.25) is 10.0 Å². The standard InChI is InChI=1S/C35H43N5O5S/c1-24(2)22-40(46(43,44)32-16-14-30(36)15-17-32)19-18-31(20-27-10-7-6-8-11-27)38-34(41)28-12-9-13-29(21-28)35(42)39(5)23-33-25(3)45-26(4)37-33/h6-17,21,24,31H,18-20,22-23,36H2,1-5H3,(H,38,41)/t31-/m1/s1. The summed E-state index contributed by atoms with van der Waals surface area (Å²) in [5, 5.41) is 3.11. The summed E-state index contributed by atoms with van der Waals surface area (Å²) in [7, 11) is -2.12. The maximum atomic E-state index is 13.6. The van der Waals surface area contributed by atoms with Crippen molar-refractivity contribution in [1.29, 1.82) is 0 Å². The van der Waals surface area contributed by atoms with E-state index in [-0.39, 0.29) is 41.8 Å². The molecule has 0 aliphatic carbocycles. The minimum absolute atomic E-state index is 0.0846. The molecule has 244 valence electrons. The van der Waals surface area contributed by atoms with Crippen molar-refractivity contribution in [2.24, 2.45) is 5.92 Å². The first kappa shape index (κ1) is 34.4. The van der Waals surface area contributed by atoms with Gasteiger partial charge in [-0.05, 0) is 73.7 Å². The van der Waals surface area contributed by atoms with Crippen LogP contribution in [0.15, 0.2) is 88.2 Å². The number of oxazole rings is 1. The number of amides is 2. The smallest absolute Gasteiger partial charge is 0.253 e. The second-order valence-corrected chi connectivity index (χ2v) is 13.9. The van der Waals surface area contributed by atoms with Crippen LogP contribution in [0, 0.1) is 19.8 Å². The predicted molar refractivity (Wildman–Crippen MR) is 179 cm³/mol. The number of nitrogen functional groups attached to an aromatic ring is 1. The Balaban J connectivity index is 1.52. The maximum absolute atomic E-state index is 13.6. The zero-order valence-corrected chi connectivity index (χ0v) is 27.9. The molecule has 4 rings (SSSR count).